The maximum atomic E-state index is 9.35. The number of nitrogens with zero attached hydrogens (tertiary/aromatic N) is 5. The summed E-state index contributed by atoms with van der Waals surface area (Å²) in [5.74, 6) is 0.751. The third-order valence-corrected chi connectivity index (χ3v) is 3.06. The summed E-state index contributed by atoms with van der Waals surface area (Å²) in [7, 11) is 3.59. The third-order valence-electron chi connectivity index (χ3n) is 2.56. The highest BCUT2D eigenvalue weighted by molar-refractivity contribution is 9.10. The maximum Gasteiger partial charge on any atom is 0.230 e. The smallest absolute Gasteiger partial charge is 0.230 e. The molecule has 0 radical (unpaired) electrons. The fraction of sp³-hybridized carbons (Fsp3) is 0.143. The average molecular weight is 345 g/mol. The van der Waals surface area contributed by atoms with E-state index in [1.165, 1.54) is 0 Å². The van der Waals surface area contributed by atoms with Crippen LogP contribution in [0.15, 0.2) is 28.7 Å². The van der Waals surface area contributed by atoms with Crippen molar-refractivity contribution < 1.29 is 0 Å². The van der Waals surface area contributed by atoms with Gasteiger partial charge in [0.05, 0.1) is 5.57 Å². The number of nitriles is 1. The molecule has 0 atom stereocenters. The van der Waals surface area contributed by atoms with Gasteiger partial charge >= 0.3 is 0 Å². The van der Waals surface area contributed by atoms with Crippen LogP contribution in [0, 0.1) is 11.3 Å². The highest BCUT2D eigenvalue weighted by Crippen LogP contribution is 2.19. The largest absolute Gasteiger partial charge is 0.368 e. The summed E-state index contributed by atoms with van der Waals surface area (Å²) in [6.45, 7) is 0. The van der Waals surface area contributed by atoms with Gasteiger partial charge in [-0.2, -0.15) is 20.2 Å². The van der Waals surface area contributed by atoms with Crippen molar-refractivity contribution in [3.8, 4) is 6.07 Å². The minimum atomic E-state index is 0.0825. The second-order valence-corrected chi connectivity index (χ2v) is 5.35. The van der Waals surface area contributed by atoms with Gasteiger partial charge < -0.3 is 10.6 Å². The molecule has 0 aliphatic heterocycles. The first-order chi connectivity index (χ1) is 9.99. The number of allylic oxidation sites excluding steroid dienone is 1. The first-order valence-corrected chi connectivity index (χ1v) is 6.85. The van der Waals surface area contributed by atoms with Gasteiger partial charge in [0.25, 0.3) is 0 Å². The van der Waals surface area contributed by atoms with E-state index < -0.39 is 0 Å². The van der Waals surface area contributed by atoms with Gasteiger partial charge in [-0.15, -0.1) is 0 Å². The molecule has 0 amide bonds. The van der Waals surface area contributed by atoms with Gasteiger partial charge in [-0.1, -0.05) is 28.1 Å². The summed E-state index contributed by atoms with van der Waals surface area (Å²) in [6, 6.07) is 9.68. The topological polar surface area (TPSA) is 91.7 Å². The zero-order chi connectivity index (χ0) is 15.4. The SMILES string of the molecule is CN(C)c1nc(N)nc(/C(C#N)=C/c2cccc(Br)c2)n1. The third kappa shape index (κ3) is 3.77. The molecule has 2 rings (SSSR count). The van der Waals surface area contributed by atoms with E-state index in [9.17, 15) is 5.26 Å². The number of halogens is 1. The molecule has 0 saturated heterocycles. The molecule has 7 heteroatoms. The molecule has 0 spiro atoms. The molecule has 2 aromatic rings. The molecule has 6 nitrogen and oxygen atoms in total. The fourth-order valence-corrected chi connectivity index (χ4v) is 2.03. The minimum absolute atomic E-state index is 0.0825. The number of hydrogen-bond acceptors (Lipinski definition) is 6. The van der Waals surface area contributed by atoms with E-state index in [-0.39, 0.29) is 11.8 Å². The predicted octanol–water partition coefficient (Wildman–Crippen LogP) is 2.35. The van der Waals surface area contributed by atoms with Gasteiger partial charge in [-0.25, -0.2) is 0 Å². The predicted molar refractivity (Wildman–Crippen MR) is 86.2 cm³/mol. The highest BCUT2D eigenvalue weighted by Gasteiger charge is 2.10. The van der Waals surface area contributed by atoms with E-state index in [1.54, 1.807) is 25.1 Å². The lowest BCUT2D eigenvalue weighted by Crippen LogP contribution is -2.15. The van der Waals surface area contributed by atoms with Crippen molar-refractivity contribution in [1.82, 2.24) is 15.0 Å². The Kier molecular flexibility index (Phi) is 4.50. The first-order valence-electron chi connectivity index (χ1n) is 6.06. The van der Waals surface area contributed by atoms with E-state index in [1.807, 2.05) is 24.3 Å². The van der Waals surface area contributed by atoms with Crippen molar-refractivity contribution in [2.75, 3.05) is 24.7 Å². The lowest BCUT2D eigenvalue weighted by molar-refractivity contribution is 0.952. The number of benzene rings is 1. The Balaban J connectivity index is 2.49. The first kappa shape index (κ1) is 14.9. The van der Waals surface area contributed by atoms with Crippen molar-refractivity contribution in [2.24, 2.45) is 0 Å². The number of anilines is 2. The number of nitrogen functional groups attached to an aromatic ring is 1. The molecule has 0 unspecified atom stereocenters. The molecule has 2 N–H and O–H groups in total. The van der Waals surface area contributed by atoms with Crippen LogP contribution in [-0.4, -0.2) is 29.0 Å². The Bertz CT molecular complexity index is 732. The van der Waals surface area contributed by atoms with Gasteiger partial charge in [0.2, 0.25) is 11.9 Å². The zero-order valence-corrected chi connectivity index (χ0v) is 13.2. The number of rotatable bonds is 3. The Hall–Kier alpha value is -2.46. The van der Waals surface area contributed by atoms with Crippen LogP contribution in [0.1, 0.15) is 11.4 Å². The molecular weight excluding hydrogens is 332 g/mol. The standard InChI is InChI=1S/C14H13BrN6/c1-21(2)14-19-12(18-13(17)20-14)10(8-16)6-9-4-3-5-11(15)7-9/h3-7H,1-2H3,(H2,17,18,19,20)/b10-6+. The molecule has 21 heavy (non-hydrogen) atoms. The summed E-state index contributed by atoms with van der Waals surface area (Å²) < 4.78 is 0.928. The minimum Gasteiger partial charge on any atom is -0.368 e. The molecular formula is C14H13BrN6. The lowest BCUT2D eigenvalue weighted by Gasteiger charge is -2.11. The molecule has 0 fully saturated rings. The monoisotopic (exact) mass is 344 g/mol. The van der Waals surface area contributed by atoms with Crippen LogP contribution < -0.4 is 10.6 Å². The van der Waals surface area contributed by atoms with Gasteiger partial charge in [0.1, 0.15) is 6.07 Å². The summed E-state index contributed by atoms with van der Waals surface area (Å²) in [4.78, 5) is 14.0. The van der Waals surface area contributed by atoms with E-state index in [0.717, 1.165) is 10.0 Å². The molecule has 0 bridgehead atoms. The van der Waals surface area contributed by atoms with Crippen molar-refractivity contribution >= 4 is 39.5 Å². The number of hydrogen-bond donors (Lipinski definition) is 1. The van der Waals surface area contributed by atoms with Gasteiger partial charge in [-0.3, -0.25) is 0 Å². The molecule has 1 aromatic carbocycles. The molecule has 0 aliphatic rings. The second-order valence-electron chi connectivity index (χ2n) is 4.44. The van der Waals surface area contributed by atoms with Crippen LogP contribution in [-0.2, 0) is 0 Å². The van der Waals surface area contributed by atoms with Crippen LogP contribution in [0.2, 0.25) is 0 Å². The van der Waals surface area contributed by atoms with E-state index in [2.05, 4.69) is 37.0 Å². The van der Waals surface area contributed by atoms with Crippen LogP contribution in [0.25, 0.3) is 11.6 Å². The zero-order valence-electron chi connectivity index (χ0n) is 11.6. The Morgan fingerprint density at radius 3 is 2.71 bits per heavy atom. The van der Waals surface area contributed by atoms with Crippen molar-refractivity contribution in [3.05, 3.63) is 40.1 Å². The highest BCUT2D eigenvalue weighted by atomic mass is 79.9. The van der Waals surface area contributed by atoms with Crippen LogP contribution in [0.3, 0.4) is 0 Å². The van der Waals surface area contributed by atoms with Gasteiger partial charge in [0, 0.05) is 18.6 Å². The van der Waals surface area contributed by atoms with Crippen molar-refractivity contribution in [3.63, 3.8) is 0 Å². The van der Waals surface area contributed by atoms with Crippen molar-refractivity contribution in [1.29, 1.82) is 5.26 Å². The second kappa shape index (κ2) is 6.33. The quantitative estimate of drug-likeness (QED) is 0.859. The number of aromatic nitrogens is 3. The molecule has 0 aliphatic carbocycles. The van der Waals surface area contributed by atoms with E-state index >= 15 is 0 Å². The maximum absolute atomic E-state index is 9.35. The molecule has 1 heterocycles. The molecule has 106 valence electrons. The van der Waals surface area contributed by atoms with E-state index in [0.29, 0.717) is 11.5 Å². The molecule has 1 aromatic heterocycles. The van der Waals surface area contributed by atoms with Crippen molar-refractivity contribution in [2.45, 2.75) is 0 Å². The van der Waals surface area contributed by atoms with Crippen LogP contribution in [0.4, 0.5) is 11.9 Å². The number of nitrogens with two attached hydrogens (primary N) is 1. The fourth-order valence-electron chi connectivity index (χ4n) is 1.61. The summed E-state index contributed by atoms with van der Waals surface area (Å²) in [5, 5.41) is 9.35. The molecule has 0 saturated carbocycles. The summed E-state index contributed by atoms with van der Waals surface area (Å²) in [5.41, 5.74) is 6.87. The van der Waals surface area contributed by atoms with Crippen LogP contribution >= 0.6 is 15.9 Å². The average Bonchev–Trinajstić information content (AvgIpc) is 2.44. The lowest BCUT2D eigenvalue weighted by atomic mass is 10.1. The summed E-state index contributed by atoms with van der Waals surface area (Å²) >= 11 is 3.39. The Morgan fingerprint density at radius 1 is 1.33 bits per heavy atom. The Morgan fingerprint density at radius 2 is 2.10 bits per heavy atom. The summed E-state index contributed by atoms with van der Waals surface area (Å²) in [6.07, 6.45) is 1.71. The normalized spacial score (nSPS) is 11.0. The van der Waals surface area contributed by atoms with E-state index in [4.69, 9.17) is 5.73 Å². The van der Waals surface area contributed by atoms with Gasteiger partial charge in [-0.05, 0) is 23.8 Å². The van der Waals surface area contributed by atoms with Crippen LogP contribution in [0.5, 0.6) is 0 Å². The Labute approximate surface area is 131 Å². The van der Waals surface area contributed by atoms with Gasteiger partial charge in [0.15, 0.2) is 5.82 Å².